The Hall–Kier alpha value is -1.12. The summed E-state index contributed by atoms with van der Waals surface area (Å²) in [5.41, 5.74) is 7.63. The molecule has 0 bridgehead atoms. The Labute approximate surface area is 201 Å². The van der Waals surface area contributed by atoms with E-state index in [4.69, 9.17) is 5.73 Å². The summed E-state index contributed by atoms with van der Waals surface area (Å²) in [4.78, 5) is 25.9. The van der Waals surface area contributed by atoms with E-state index in [1.807, 2.05) is 0 Å². The van der Waals surface area contributed by atoms with Crippen molar-refractivity contribution in [1.29, 1.82) is 0 Å². The highest BCUT2D eigenvalue weighted by Gasteiger charge is 2.71. The van der Waals surface area contributed by atoms with Crippen molar-refractivity contribution in [1.82, 2.24) is 0 Å². The minimum absolute atomic E-state index is 0.0474. The van der Waals surface area contributed by atoms with Crippen LogP contribution in [-0.2, 0) is 9.59 Å². The molecule has 33 heavy (non-hydrogen) atoms. The first kappa shape index (κ1) is 23.6. The SMILES string of the molecule is C=C(C)C1CC[C@]2(C(N)=O)CC[C@@]3(C)C(CCC4[C@@]5(C)CCC(=O)C(C)(C)C5CC[C@]43C)C12. The van der Waals surface area contributed by atoms with Crippen LogP contribution < -0.4 is 5.73 Å². The minimum Gasteiger partial charge on any atom is -0.369 e. The minimum atomic E-state index is -0.322. The van der Waals surface area contributed by atoms with Crippen LogP contribution in [0.25, 0.3) is 0 Å². The number of allylic oxidation sites excluding steroid dienone is 1. The van der Waals surface area contributed by atoms with Crippen LogP contribution in [0.5, 0.6) is 0 Å². The Morgan fingerprint density at radius 1 is 0.879 bits per heavy atom. The molecule has 0 aromatic heterocycles. The molecule has 5 aliphatic carbocycles. The molecular formula is C30H47NO2. The molecule has 0 aromatic rings. The Morgan fingerprint density at radius 2 is 1.58 bits per heavy atom. The molecule has 5 unspecified atom stereocenters. The van der Waals surface area contributed by atoms with Gasteiger partial charge in [-0.05, 0) is 111 Å². The number of nitrogens with two attached hydrogens (primary N) is 1. The van der Waals surface area contributed by atoms with E-state index >= 15 is 0 Å². The summed E-state index contributed by atoms with van der Waals surface area (Å²) in [6, 6.07) is 0. The van der Waals surface area contributed by atoms with Crippen molar-refractivity contribution in [2.24, 2.45) is 62.4 Å². The van der Waals surface area contributed by atoms with Crippen LogP contribution in [0.2, 0.25) is 0 Å². The Bertz CT molecular complexity index is 905. The van der Waals surface area contributed by atoms with Gasteiger partial charge in [0, 0.05) is 11.8 Å². The zero-order chi connectivity index (χ0) is 24.2. The molecule has 2 N–H and O–H groups in total. The highest BCUT2D eigenvalue weighted by atomic mass is 16.1. The number of carbonyl (C=O) groups is 2. The summed E-state index contributed by atoms with van der Waals surface area (Å²) >= 11 is 0. The Balaban J connectivity index is 1.57. The van der Waals surface area contributed by atoms with Crippen molar-refractivity contribution in [2.75, 3.05) is 0 Å². The number of hydrogen-bond acceptors (Lipinski definition) is 2. The van der Waals surface area contributed by atoms with Gasteiger partial charge in [0.2, 0.25) is 5.91 Å². The molecule has 0 heterocycles. The molecular weight excluding hydrogens is 406 g/mol. The average Bonchev–Trinajstić information content (AvgIpc) is 3.13. The first-order valence-corrected chi connectivity index (χ1v) is 13.7. The molecule has 5 fully saturated rings. The highest BCUT2D eigenvalue weighted by molar-refractivity contribution is 5.85. The molecule has 3 heteroatoms. The van der Waals surface area contributed by atoms with E-state index in [-0.39, 0.29) is 33.0 Å². The molecule has 9 atom stereocenters. The van der Waals surface area contributed by atoms with Gasteiger partial charge in [-0.15, -0.1) is 0 Å². The lowest BCUT2D eigenvalue weighted by molar-refractivity contribution is -0.232. The zero-order valence-corrected chi connectivity index (χ0v) is 22.1. The second kappa shape index (κ2) is 6.97. The molecule has 3 nitrogen and oxygen atoms in total. The average molecular weight is 454 g/mol. The number of fused-ring (bicyclic) bond motifs is 7. The number of primary amides is 1. The maximum absolute atomic E-state index is 13.0. The van der Waals surface area contributed by atoms with Crippen LogP contribution in [0, 0.1) is 56.7 Å². The monoisotopic (exact) mass is 453 g/mol. The van der Waals surface area contributed by atoms with Crippen LogP contribution in [0.4, 0.5) is 0 Å². The number of ketones is 1. The summed E-state index contributed by atoms with van der Waals surface area (Å²) in [5.74, 6) is 2.92. The number of hydrogen-bond donors (Lipinski definition) is 1. The van der Waals surface area contributed by atoms with Gasteiger partial charge in [0.1, 0.15) is 5.78 Å². The predicted octanol–water partition coefficient (Wildman–Crippen LogP) is 6.70. The molecule has 0 saturated heterocycles. The van der Waals surface area contributed by atoms with E-state index in [1.165, 1.54) is 31.3 Å². The summed E-state index contributed by atoms with van der Waals surface area (Å²) in [5, 5.41) is 0. The van der Waals surface area contributed by atoms with Crippen molar-refractivity contribution < 1.29 is 9.59 Å². The molecule has 184 valence electrons. The van der Waals surface area contributed by atoms with E-state index in [9.17, 15) is 9.59 Å². The van der Waals surface area contributed by atoms with Gasteiger partial charge in [0.25, 0.3) is 0 Å². The van der Waals surface area contributed by atoms with Crippen molar-refractivity contribution in [3.05, 3.63) is 12.2 Å². The molecule has 1 amide bonds. The van der Waals surface area contributed by atoms with Crippen molar-refractivity contribution in [2.45, 2.75) is 106 Å². The fourth-order valence-corrected chi connectivity index (χ4v) is 11.4. The number of amides is 1. The standard InChI is InChI=1S/C30H47NO2/c1-18(2)19-10-15-30(25(31)33)17-16-28(6)20(24(19)30)8-9-22-27(5)13-12-23(32)26(3,4)21(27)11-14-29(22,28)7/h19-22,24H,1,8-17H2,2-7H3,(H2,31,33)/t19?,20?,21?,22?,24?,27-,28-,29+,30-/m0/s1. The molecule has 0 spiro atoms. The van der Waals surface area contributed by atoms with Gasteiger partial charge in [-0.25, -0.2) is 0 Å². The predicted molar refractivity (Wildman–Crippen MR) is 133 cm³/mol. The summed E-state index contributed by atoms with van der Waals surface area (Å²) in [6.07, 6.45) is 10.7. The van der Waals surface area contributed by atoms with Gasteiger partial charge in [-0.3, -0.25) is 9.59 Å². The Morgan fingerprint density at radius 3 is 2.21 bits per heavy atom. The molecule has 5 rings (SSSR count). The third kappa shape index (κ3) is 2.69. The van der Waals surface area contributed by atoms with E-state index in [0.29, 0.717) is 35.4 Å². The van der Waals surface area contributed by atoms with Crippen LogP contribution in [0.1, 0.15) is 106 Å². The molecule has 5 aliphatic rings. The van der Waals surface area contributed by atoms with Crippen LogP contribution >= 0.6 is 0 Å². The molecule has 0 aromatic carbocycles. The van der Waals surface area contributed by atoms with E-state index in [2.05, 4.69) is 48.1 Å². The smallest absolute Gasteiger partial charge is 0.223 e. The number of carbonyl (C=O) groups excluding carboxylic acids is 2. The van der Waals surface area contributed by atoms with Crippen LogP contribution in [-0.4, -0.2) is 11.7 Å². The quantitative estimate of drug-likeness (QED) is 0.473. The summed E-state index contributed by atoms with van der Waals surface area (Å²) < 4.78 is 0. The van der Waals surface area contributed by atoms with Crippen molar-refractivity contribution in [3.8, 4) is 0 Å². The molecule has 0 aliphatic heterocycles. The third-order valence-corrected chi connectivity index (χ3v) is 13.3. The van der Waals surface area contributed by atoms with Gasteiger partial charge in [-0.1, -0.05) is 46.8 Å². The van der Waals surface area contributed by atoms with Gasteiger partial charge < -0.3 is 5.73 Å². The second-order valence-electron chi connectivity index (χ2n) is 14.4. The lowest BCUT2D eigenvalue weighted by atomic mass is 9.32. The summed E-state index contributed by atoms with van der Waals surface area (Å²) in [6.45, 7) is 18.8. The first-order chi connectivity index (χ1) is 15.3. The number of rotatable bonds is 2. The fraction of sp³-hybridized carbons (Fsp3) is 0.867. The van der Waals surface area contributed by atoms with Crippen LogP contribution in [0.3, 0.4) is 0 Å². The van der Waals surface area contributed by atoms with Crippen LogP contribution in [0.15, 0.2) is 12.2 Å². The van der Waals surface area contributed by atoms with Gasteiger partial charge in [0.05, 0.1) is 5.41 Å². The molecule has 5 saturated carbocycles. The van der Waals surface area contributed by atoms with Gasteiger partial charge in [0.15, 0.2) is 0 Å². The fourth-order valence-electron chi connectivity index (χ4n) is 11.4. The van der Waals surface area contributed by atoms with Gasteiger partial charge in [-0.2, -0.15) is 0 Å². The van der Waals surface area contributed by atoms with E-state index in [1.54, 1.807) is 0 Å². The van der Waals surface area contributed by atoms with Gasteiger partial charge >= 0.3 is 0 Å². The Kier molecular flexibility index (Phi) is 4.99. The number of Topliss-reactive ketones (excluding diaryl/α,β-unsaturated/α-hetero) is 1. The maximum Gasteiger partial charge on any atom is 0.223 e. The lowest BCUT2D eigenvalue weighted by Gasteiger charge is -2.72. The van der Waals surface area contributed by atoms with Crippen molar-refractivity contribution in [3.63, 3.8) is 0 Å². The second-order valence-corrected chi connectivity index (χ2v) is 14.4. The third-order valence-electron chi connectivity index (χ3n) is 13.3. The largest absolute Gasteiger partial charge is 0.369 e. The van der Waals surface area contributed by atoms with E-state index < -0.39 is 0 Å². The normalized spacial score (nSPS) is 52.8. The maximum atomic E-state index is 13.0. The zero-order valence-electron chi connectivity index (χ0n) is 22.1. The highest BCUT2D eigenvalue weighted by Crippen LogP contribution is 2.77. The lowest BCUT2D eigenvalue weighted by Crippen LogP contribution is -2.67. The van der Waals surface area contributed by atoms with Crippen molar-refractivity contribution >= 4 is 11.7 Å². The topological polar surface area (TPSA) is 60.2 Å². The first-order valence-electron chi connectivity index (χ1n) is 13.7. The molecule has 0 radical (unpaired) electrons. The summed E-state index contributed by atoms with van der Waals surface area (Å²) in [7, 11) is 0. The van der Waals surface area contributed by atoms with E-state index in [0.717, 1.165) is 38.5 Å².